The Morgan fingerprint density at radius 2 is 1.92 bits per heavy atom. The first kappa shape index (κ1) is 10.6. The van der Waals surface area contributed by atoms with Crippen LogP contribution in [0.15, 0.2) is 0 Å². The molecule has 0 radical (unpaired) electrons. The average molecular weight is 212 g/mol. The quantitative estimate of drug-likeness (QED) is 0.367. The SMILES string of the molecule is O[C@@H]1[C@@H](CS)OC(O)(CS)[C@H]1O. The largest absolute Gasteiger partial charge is 0.387 e. The molecule has 1 saturated heterocycles. The lowest BCUT2D eigenvalue weighted by Crippen LogP contribution is -2.44. The molecule has 1 fully saturated rings. The maximum atomic E-state index is 9.50. The van der Waals surface area contributed by atoms with E-state index in [2.05, 4.69) is 25.3 Å². The molecule has 3 N–H and O–H groups in total. The Bertz CT molecular complexity index is 168. The van der Waals surface area contributed by atoms with E-state index in [4.69, 9.17) is 4.74 Å². The van der Waals surface area contributed by atoms with E-state index in [0.717, 1.165) is 0 Å². The van der Waals surface area contributed by atoms with E-state index in [-0.39, 0.29) is 11.5 Å². The Morgan fingerprint density at radius 1 is 1.33 bits per heavy atom. The molecular weight excluding hydrogens is 200 g/mol. The Hall–Kier alpha value is 0.540. The van der Waals surface area contributed by atoms with Gasteiger partial charge in [-0.25, -0.2) is 0 Å². The van der Waals surface area contributed by atoms with Gasteiger partial charge in [0.25, 0.3) is 0 Å². The van der Waals surface area contributed by atoms with Gasteiger partial charge in [-0.2, -0.15) is 25.3 Å². The first-order chi connectivity index (χ1) is 5.55. The average Bonchev–Trinajstić information content (AvgIpc) is 2.31. The number of rotatable bonds is 2. The molecule has 0 aromatic heterocycles. The minimum Gasteiger partial charge on any atom is -0.387 e. The van der Waals surface area contributed by atoms with Crippen molar-refractivity contribution in [2.75, 3.05) is 11.5 Å². The molecule has 0 spiro atoms. The maximum absolute atomic E-state index is 9.50. The summed E-state index contributed by atoms with van der Waals surface area (Å²) in [4.78, 5) is 0. The standard InChI is InChI=1S/C6H12O4S2/c7-4-3(1-11)10-6(9,2-12)5(4)8/h3-5,7-9,11-12H,1-2H2/t3-,4-,5+,6?/m1/s1. The zero-order chi connectivity index (χ0) is 9.35. The topological polar surface area (TPSA) is 69.9 Å². The van der Waals surface area contributed by atoms with Crippen LogP contribution in [-0.4, -0.2) is 50.9 Å². The highest BCUT2D eigenvalue weighted by molar-refractivity contribution is 7.80. The van der Waals surface area contributed by atoms with Crippen molar-refractivity contribution in [2.24, 2.45) is 0 Å². The lowest BCUT2D eigenvalue weighted by Gasteiger charge is -2.23. The molecule has 0 aliphatic carbocycles. The fraction of sp³-hybridized carbons (Fsp3) is 1.00. The second-order valence-corrected chi connectivity index (χ2v) is 3.46. The molecule has 1 aliphatic heterocycles. The minimum absolute atomic E-state index is 0.0600. The Balaban J connectivity index is 2.72. The molecule has 12 heavy (non-hydrogen) atoms. The Morgan fingerprint density at radius 3 is 2.17 bits per heavy atom. The van der Waals surface area contributed by atoms with Gasteiger partial charge in [0.1, 0.15) is 12.2 Å². The van der Waals surface area contributed by atoms with E-state index in [1.54, 1.807) is 0 Å². The van der Waals surface area contributed by atoms with Gasteiger partial charge in [0.2, 0.25) is 5.79 Å². The van der Waals surface area contributed by atoms with E-state index in [0.29, 0.717) is 0 Å². The number of aliphatic hydroxyl groups is 3. The first-order valence-corrected chi connectivity index (χ1v) is 4.79. The van der Waals surface area contributed by atoms with Crippen LogP contribution in [0.5, 0.6) is 0 Å². The van der Waals surface area contributed by atoms with Gasteiger partial charge in [-0.05, 0) is 0 Å². The molecule has 0 bridgehead atoms. The van der Waals surface area contributed by atoms with Gasteiger partial charge < -0.3 is 20.1 Å². The molecule has 4 atom stereocenters. The lowest BCUT2D eigenvalue weighted by molar-refractivity contribution is -0.207. The number of ether oxygens (including phenoxy) is 1. The van der Waals surface area contributed by atoms with E-state index in [9.17, 15) is 15.3 Å². The number of thiol groups is 2. The molecule has 0 saturated carbocycles. The third-order valence-electron chi connectivity index (χ3n) is 1.93. The maximum Gasteiger partial charge on any atom is 0.204 e. The van der Waals surface area contributed by atoms with Crippen molar-refractivity contribution in [1.29, 1.82) is 0 Å². The summed E-state index contributed by atoms with van der Waals surface area (Å²) in [5, 5.41) is 28.1. The summed E-state index contributed by atoms with van der Waals surface area (Å²) in [6.07, 6.45) is -3.05. The van der Waals surface area contributed by atoms with Crippen LogP contribution in [0.1, 0.15) is 0 Å². The van der Waals surface area contributed by atoms with E-state index in [1.165, 1.54) is 0 Å². The summed E-state index contributed by atoms with van der Waals surface area (Å²) in [5.74, 6) is -1.56. The predicted molar refractivity (Wildman–Crippen MR) is 49.5 cm³/mol. The summed E-state index contributed by atoms with van der Waals surface area (Å²) in [7, 11) is 0. The van der Waals surface area contributed by atoms with Gasteiger partial charge in [-0.15, -0.1) is 0 Å². The first-order valence-electron chi connectivity index (χ1n) is 3.53. The summed E-state index contributed by atoms with van der Waals surface area (Å²) in [6, 6.07) is 0. The highest BCUT2D eigenvalue weighted by atomic mass is 32.1. The van der Waals surface area contributed by atoms with Crippen LogP contribution < -0.4 is 0 Å². The molecule has 1 unspecified atom stereocenters. The zero-order valence-electron chi connectivity index (χ0n) is 6.29. The van der Waals surface area contributed by atoms with Crippen LogP contribution in [0, 0.1) is 0 Å². The molecule has 0 aromatic carbocycles. The van der Waals surface area contributed by atoms with Gasteiger partial charge in [-0.3, -0.25) is 0 Å². The van der Waals surface area contributed by atoms with Crippen molar-refractivity contribution in [3.63, 3.8) is 0 Å². The third kappa shape index (κ3) is 1.59. The fourth-order valence-electron chi connectivity index (χ4n) is 1.15. The third-order valence-corrected chi connectivity index (χ3v) is 2.74. The van der Waals surface area contributed by atoms with Crippen LogP contribution in [0.25, 0.3) is 0 Å². The van der Waals surface area contributed by atoms with Gasteiger partial charge in [-0.1, -0.05) is 0 Å². The van der Waals surface area contributed by atoms with Crippen molar-refractivity contribution in [1.82, 2.24) is 0 Å². The van der Waals surface area contributed by atoms with Gasteiger partial charge in [0.05, 0.1) is 6.10 Å². The van der Waals surface area contributed by atoms with Crippen molar-refractivity contribution < 1.29 is 20.1 Å². The van der Waals surface area contributed by atoms with Gasteiger partial charge in [0, 0.05) is 11.5 Å². The molecule has 6 heteroatoms. The van der Waals surface area contributed by atoms with Crippen LogP contribution in [0.3, 0.4) is 0 Å². The molecule has 72 valence electrons. The second-order valence-electron chi connectivity index (χ2n) is 2.78. The monoisotopic (exact) mass is 212 g/mol. The highest BCUT2D eigenvalue weighted by Gasteiger charge is 2.51. The molecular formula is C6H12O4S2. The Kier molecular flexibility index (Phi) is 3.30. The summed E-state index contributed by atoms with van der Waals surface area (Å²) >= 11 is 7.71. The number of hydrogen-bond donors (Lipinski definition) is 5. The Labute approximate surface area is 81.4 Å². The molecule has 1 rings (SSSR count). The summed E-state index contributed by atoms with van der Waals surface area (Å²) in [5.41, 5.74) is 0. The molecule has 4 nitrogen and oxygen atoms in total. The predicted octanol–water partition coefficient (Wildman–Crippen LogP) is -1.34. The van der Waals surface area contributed by atoms with E-state index in [1.807, 2.05) is 0 Å². The minimum atomic E-state index is -1.74. The van der Waals surface area contributed by atoms with Crippen molar-refractivity contribution in [3.8, 4) is 0 Å². The molecule has 0 amide bonds. The van der Waals surface area contributed by atoms with Crippen LogP contribution >= 0.6 is 25.3 Å². The molecule has 0 aromatic rings. The number of hydrogen-bond acceptors (Lipinski definition) is 6. The van der Waals surface area contributed by atoms with Crippen molar-refractivity contribution in [3.05, 3.63) is 0 Å². The van der Waals surface area contributed by atoms with Gasteiger partial charge >= 0.3 is 0 Å². The van der Waals surface area contributed by atoms with E-state index < -0.39 is 24.1 Å². The normalized spacial score (nSPS) is 48.2. The zero-order valence-corrected chi connectivity index (χ0v) is 8.08. The highest BCUT2D eigenvalue weighted by Crippen LogP contribution is 2.30. The van der Waals surface area contributed by atoms with Crippen LogP contribution in [-0.2, 0) is 4.74 Å². The molecule has 1 aliphatic rings. The fourth-order valence-corrected chi connectivity index (χ4v) is 1.70. The van der Waals surface area contributed by atoms with E-state index >= 15 is 0 Å². The van der Waals surface area contributed by atoms with Gasteiger partial charge in [0.15, 0.2) is 0 Å². The second kappa shape index (κ2) is 3.73. The summed E-state index contributed by atoms with van der Waals surface area (Å²) in [6.45, 7) is 0. The van der Waals surface area contributed by atoms with Crippen molar-refractivity contribution in [2.45, 2.75) is 24.1 Å². The summed E-state index contributed by atoms with van der Waals surface area (Å²) < 4.78 is 4.97. The van der Waals surface area contributed by atoms with Crippen LogP contribution in [0.2, 0.25) is 0 Å². The lowest BCUT2D eigenvalue weighted by atomic mass is 10.1. The van der Waals surface area contributed by atoms with Crippen molar-refractivity contribution >= 4 is 25.3 Å². The molecule has 1 heterocycles. The van der Waals surface area contributed by atoms with Crippen LogP contribution in [0.4, 0.5) is 0 Å². The number of aliphatic hydroxyl groups excluding tert-OH is 2. The smallest absolute Gasteiger partial charge is 0.204 e.